The van der Waals surface area contributed by atoms with Crippen molar-refractivity contribution in [1.82, 2.24) is 0 Å². The summed E-state index contributed by atoms with van der Waals surface area (Å²) in [6.07, 6.45) is 0.757. The molecule has 0 rings (SSSR count). The van der Waals surface area contributed by atoms with Gasteiger partial charge in [0.15, 0.2) is 6.10 Å². The molecule has 0 aliphatic rings. The molecule has 1 atom stereocenters. The van der Waals surface area contributed by atoms with E-state index in [0.29, 0.717) is 0 Å². The van der Waals surface area contributed by atoms with Crippen LogP contribution in [0.15, 0.2) is 11.6 Å². The highest BCUT2D eigenvalue weighted by Crippen LogP contribution is 1.97. The largest absolute Gasteiger partial charge is 0.479 e. The third-order valence-electron chi connectivity index (χ3n) is 0.982. The fourth-order valence-corrected chi connectivity index (χ4v) is 0.543. The number of carboxylic acid groups (broad SMARTS) is 1. The van der Waals surface area contributed by atoms with E-state index in [9.17, 15) is 4.79 Å². The van der Waals surface area contributed by atoms with Gasteiger partial charge in [-0.1, -0.05) is 5.57 Å². The van der Waals surface area contributed by atoms with Crippen LogP contribution in [0.2, 0.25) is 0 Å². The van der Waals surface area contributed by atoms with Gasteiger partial charge >= 0.3 is 5.97 Å². The Morgan fingerprint density at radius 1 is 1.60 bits per heavy atom. The summed E-state index contributed by atoms with van der Waals surface area (Å²) in [7, 11) is 1.37. The van der Waals surface area contributed by atoms with E-state index in [1.807, 2.05) is 13.8 Å². The minimum Gasteiger partial charge on any atom is -0.479 e. The van der Waals surface area contributed by atoms with Gasteiger partial charge in [-0.3, -0.25) is 0 Å². The molecule has 0 amide bonds. The zero-order valence-corrected chi connectivity index (χ0v) is 6.42. The van der Waals surface area contributed by atoms with Crippen LogP contribution in [-0.4, -0.2) is 24.3 Å². The highest BCUT2D eigenvalue weighted by molar-refractivity contribution is 5.74. The minimum atomic E-state index is -0.955. The van der Waals surface area contributed by atoms with E-state index < -0.39 is 12.1 Å². The van der Waals surface area contributed by atoms with E-state index >= 15 is 0 Å². The van der Waals surface area contributed by atoms with Gasteiger partial charge in [-0.05, 0) is 19.9 Å². The van der Waals surface area contributed by atoms with Gasteiger partial charge in [-0.2, -0.15) is 0 Å². The van der Waals surface area contributed by atoms with Crippen LogP contribution in [0.1, 0.15) is 13.8 Å². The Kier molecular flexibility index (Phi) is 3.72. The molecule has 0 aromatic carbocycles. The molecule has 0 heterocycles. The molecular weight excluding hydrogens is 132 g/mol. The predicted molar refractivity (Wildman–Crippen MR) is 37.9 cm³/mol. The summed E-state index contributed by atoms with van der Waals surface area (Å²) in [4.78, 5) is 10.3. The molecule has 0 saturated carbocycles. The Hall–Kier alpha value is -0.830. The molecule has 0 aromatic rings. The molecule has 0 aliphatic heterocycles. The van der Waals surface area contributed by atoms with Crippen molar-refractivity contribution < 1.29 is 14.6 Å². The summed E-state index contributed by atoms with van der Waals surface area (Å²) in [5.74, 6) is -0.955. The maximum atomic E-state index is 10.3. The average molecular weight is 144 g/mol. The molecule has 1 unspecified atom stereocenters. The third-order valence-corrected chi connectivity index (χ3v) is 0.982. The number of allylic oxidation sites excluding steroid dienone is 1. The van der Waals surface area contributed by atoms with Gasteiger partial charge in [0.2, 0.25) is 0 Å². The highest BCUT2D eigenvalue weighted by atomic mass is 16.5. The Labute approximate surface area is 60.3 Å². The maximum Gasteiger partial charge on any atom is 0.336 e. The van der Waals surface area contributed by atoms with Crippen molar-refractivity contribution >= 4 is 5.97 Å². The normalized spacial score (nSPS) is 12.3. The third kappa shape index (κ3) is 3.25. The topological polar surface area (TPSA) is 46.5 Å². The van der Waals surface area contributed by atoms with Crippen molar-refractivity contribution in [3.8, 4) is 0 Å². The molecule has 0 fully saturated rings. The van der Waals surface area contributed by atoms with Crippen LogP contribution in [0.5, 0.6) is 0 Å². The van der Waals surface area contributed by atoms with Gasteiger partial charge in [-0.15, -0.1) is 0 Å². The van der Waals surface area contributed by atoms with Crippen LogP contribution < -0.4 is 0 Å². The predicted octanol–water partition coefficient (Wildman–Crippen LogP) is 1.05. The molecule has 0 aliphatic carbocycles. The minimum absolute atomic E-state index is 0.801. The second-order valence-electron chi connectivity index (χ2n) is 2.24. The molecule has 0 saturated heterocycles. The van der Waals surface area contributed by atoms with Gasteiger partial charge in [-0.25, -0.2) is 4.79 Å². The van der Waals surface area contributed by atoms with E-state index in [2.05, 4.69) is 4.74 Å². The number of hydrogen-bond donors (Lipinski definition) is 1. The molecule has 0 bridgehead atoms. The first kappa shape index (κ1) is 9.17. The lowest BCUT2D eigenvalue weighted by Gasteiger charge is -2.04. The number of carbonyl (C=O) groups is 1. The van der Waals surface area contributed by atoms with Crippen molar-refractivity contribution in [2.45, 2.75) is 20.0 Å². The molecule has 0 aromatic heterocycles. The van der Waals surface area contributed by atoms with E-state index in [1.165, 1.54) is 7.11 Å². The van der Waals surface area contributed by atoms with Crippen LogP contribution in [-0.2, 0) is 9.53 Å². The molecule has 58 valence electrons. The van der Waals surface area contributed by atoms with E-state index in [1.54, 1.807) is 6.08 Å². The van der Waals surface area contributed by atoms with Crippen molar-refractivity contribution in [1.29, 1.82) is 0 Å². The maximum absolute atomic E-state index is 10.3. The fourth-order valence-electron chi connectivity index (χ4n) is 0.543. The number of aliphatic carboxylic acids is 1. The van der Waals surface area contributed by atoms with Gasteiger partial charge in [0.1, 0.15) is 0 Å². The van der Waals surface area contributed by atoms with Crippen LogP contribution in [0, 0.1) is 0 Å². The van der Waals surface area contributed by atoms with E-state index in [0.717, 1.165) is 5.57 Å². The quantitative estimate of drug-likeness (QED) is 0.602. The smallest absolute Gasteiger partial charge is 0.336 e. The van der Waals surface area contributed by atoms with Crippen molar-refractivity contribution in [3.63, 3.8) is 0 Å². The van der Waals surface area contributed by atoms with Crippen molar-refractivity contribution in [2.24, 2.45) is 0 Å². The summed E-state index contributed by atoms with van der Waals surface area (Å²) in [6.45, 7) is 3.66. The van der Waals surface area contributed by atoms with Crippen LogP contribution in [0.25, 0.3) is 0 Å². The highest BCUT2D eigenvalue weighted by Gasteiger charge is 2.11. The number of methoxy groups -OCH3 is 1. The summed E-state index contributed by atoms with van der Waals surface area (Å²) < 4.78 is 4.65. The van der Waals surface area contributed by atoms with Crippen LogP contribution >= 0.6 is 0 Å². The van der Waals surface area contributed by atoms with E-state index in [-0.39, 0.29) is 0 Å². The molecule has 3 nitrogen and oxygen atoms in total. The molecule has 0 spiro atoms. The van der Waals surface area contributed by atoms with Gasteiger partial charge in [0.25, 0.3) is 0 Å². The lowest BCUT2D eigenvalue weighted by Crippen LogP contribution is -2.19. The average Bonchev–Trinajstić information content (AvgIpc) is 1.81. The standard InChI is InChI=1S/C7H12O3/c1-5(2)4-6(10-3)7(8)9/h4,6H,1-3H3,(H,8,9). The van der Waals surface area contributed by atoms with Crippen LogP contribution in [0.4, 0.5) is 0 Å². The zero-order chi connectivity index (χ0) is 8.15. The lowest BCUT2D eigenvalue weighted by atomic mass is 10.2. The number of carboxylic acids is 1. The van der Waals surface area contributed by atoms with Gasteiger partial charge in [0, 0.05) is 7.11 Å². The second kappa shape index (κ2) is 4.06. The monoisotopic (exact) mass is 144 g/mol. The van der Waals surface area contributed by atoms with Crippen molar-refractivity contribution in [2.75, 3.05) is 7.11 Å². The van der Waals surface area contributed by atoms with Crippen molar-refractivity contribution in [3.05, 3.63) is 11.6 Å². The Morgan fingerprint density at radius 3 is 2.20 bits per heavy atom. The van der Waals surface area contributed by atoms with Gasteiger partial charge in [0.05, 0.1) is 0 Å². The number of ether oxygens (including phenoxy) is 1. The Balaban J connectivity index is 4.09. The lowest BCUT2D eigenvalue weighted by molar-refractivity contribution is -0.145. The first-order valence-corrected chi connectivity index (χ1v) is 2.98. The molecule has 0 radical (unpaired) electrons. The Morgan fingerprint density at radius 2 is 2.10 bits per heavy atom. The molecule has 10 heavy (non-hydrogen) atoms. The van der Waals surface area contributed by atoms with Crippen LogP contribution in [0.3, 0.4) is 0 Å². The zero-order valence-electron chi connectivity index (χ0n) is 6.42. The first-order valence-electron chi connectivity index (χ1n) is 2.98. The first-order chi connectivity index (χ1) is 4.57. The van der Waals surface area contributed by atoms with Gasteiger partial charge < -0.3 is 9.84 Å². The summed E-state index contributed by atoms with van der Waals surface area (Å²) in [5.41, 5.74) is 0.939. The fraction of sp³-hybridized carbons (Fsp3) is 0.571. The number of hydrogen-bond acceptors (Lipinski definition) is 2. The Bertz CT molecular complexity index is 145. The molecular formula is C7H12O3. The number of rotatable bonds is 3. The second-order valence-corrected chi connectivity index (χ2v) is 2.24. The molecule has 3 heteroatoms. The summed E-state index contributed by atoms with van der Waals surface area (Å²) in [6, 6.07) is 0. The SMILES string of the molecule is COC(C=C(C)C)C(=O)O. The summed E-state index contributed by atoms with van der Waals surface area (Å²) in [5, 5.41) is 8.45. The molecule has 1 N–H and O–H groups in total. The van der Waals surface area contributed by atoms with E-state index in [4.69, 9.17) is 5.11 Å². The summed E-state index contributed by atoms with van der Waals surface area (Å²) >= 11 is 0.